The second-order valence-electron chi connectivity index (χ2n) is 3.82. The first-order valence-corrected chi connectivity index (χ1v) is 5.51. The van der Waals surface area contributed by atoms with Crippen molar-refractivity contribution >= 4 is 11.7 Å². The molecule has 0 saturated carbocycles. The van der Waals surface area contributed by atoms with Gasteiger partial charge in [0.05, 0.1) is 18.5 Å². The van der Waals surface area contributed by atoms with E-state index >= 15 is 0 Å². The lowest BCUT2D eigenvalue weighted by Crippen LogP contribution is -2.11. The summed E-state index contributed by atoms with van der Waals surface area (Å²) in [6.45, 7) is 0.274. The smallest absolute Gasteiger partial charge is 0.356 e. The van der Waals surface area contributed by atoms with E-state index in [1.165, 1.54) is 6.20 Å². The van der Waals surface area contributed by atoms with Crippen LogP contribution in [0.25, 0.3) is 0 Å². The molecule has 0 spiro atoms. The molecule has 0 unspecified atom stereocenters. The maximum Gasteiger partial charge on any atom is 0.356 e. The van der Waals surface area contributed by atoms with Gasteiger partial charge in [-0.2, -0.15) is 0 Å². The number of anilines is 1. The monoisotopic (exact) mass is 246 g/mol. The van der Waals surface area contributed by atoms with E-state index in [1.807, 2.05) is 17.8 Å². The van der Waals surface area contributed by atoms with Gasteiger partial charge in [-0.3, -0.25) is 0 Å². The van der Waals surface area contributed by atoms with E-state index in [0.29, 0.717) is 12.1 Å². The van der Waals surface area contributed by atoms with Gasteiger partial charge in [0.15, 0.2) is 0 Å². The van der Waals surface area contributed by atoms with Crippen LogP contribution in [0.2, 0.25) is 0 Å². The topological polar surface area (TPSA) is 83.0 Å². The van der Waals surface area contributed by atoms with Gasteiger partial charge in [-0.15, -0.1) is 0 Å². The van der Waals surface area contributed by atoms with Crippen LogP contribution in [0.4, 0.5) is 5.69 Å². The van der Waals surface area contributed by atoms with Crippen LogP contribution in [0, 0.1) is 0 Å². The van der Waals surface area contributed by atoms with Gasteiger partial charge in [0.25, 0.3) is 0 Å². The predicted molar refractivity (Wildman–Crippen MR) is 65.8 cm³/mol. The zero-order valence-electron chi connectivity index (χ0n) is 10.0. The molecule has 0 aliphatic heterocycles. The minimum absolute atomic E-state index is 0.254. The van der Waals surface area contributed by atoms with Crippen molar-refractivity contribution in [3.63, 3.8) is 0 Å². The van der Waals surface area contributed by atoms with Crippen LogP contribution in [-0.2, 0) is 18.2 Å². The third-order valence-electron chi connectivity index (χ3n) is 2.48. The Kier molecular flexibility index (Phi) is 3.57. The molecule has 0 radical (unpaired) electrons. The summed E-state index contributed by atoms with van der Waals surface area (Å²) < 4.78 is 6.98. The Bertz CT molecular complexity index is 533. The Morgan fingerprint density at radius 3 is 2.89 bits per heavy atom. The van der Waals surface area contributed by atoms with Crippen molar-refractivity contribution in [1.29, 1.82) is 0 Å². The highest BCUT2D eigenvalue weighted by Gasteiger charge is 2.08. The molecular formula is C12H14N4O2. The van der Waals surface area contributed by atoms with Crippen LogP contribution < -0.4 is 5.73 Å². The Morgan fingerprint density at radius 2 is 2.28 bits per heavy atom. The molecule has 0 aliphatic rings. The van der Waals surface area contributed by atoms with Crippen molar-refractivity contribution in [3.8, 4) is 0 Å². The Labute approximate surface area is 104 Å². The number of carbonyl (C=O) groups excluding carboxylic acids is 1. The van der Waals surface area contributed by atoms with E-state index in [0.717, 1.165) is 5.82 Å². The number of pyridine rings is 1. The van der Waals surface area contributed by atoms with Crippen LogP contribution in [0.3, 0.4) is 0 Å². The number of hydrogen-bond acceptors (Lipinski definition) is 5. The van der Waals surface area contributed by atoms with Gasteiger partial charge < -0.3 is 15.0 Å². The molecule has 18 heavy (non-hydrogen) atoms. The molecule has 94 valence electrons. The number of hydrogen-bond donors (Lipinski definition) is 1. The molecule has 2 aromatic heterocycles. The fourth-order valence-corrected chi connectivity index (χ4v) is 1.47. The molecule has 0 amide bonds. The zero-order chi connectivity index (χ0) is 13.0. The summed E-state index contributed by atoms with van der Waals surface area (Å²) in [5, 5.41) is 0. The highest BCUT2D eigenvalue weighted by Crippen LogP contribution is 2.03. The Balaban J connectivity index is 1.85. The van der Waals surface area contributed by atoms with Crippen molar-refractivity contribution < 1.29 is 9.53 Å². The highest BCUT2D eigenvalue weighted by molar-refractivity contribution is 5.87. The summed E-state index contributed by atoms with van der Waals surface area (Å²) in [6, 6.07) is 3.15. The fraction of sp³-hybridized carbons (Fsp3) is 0.250. The van der Waals surface area contributed by atoms with Gasteiger partial charge in [-0.05, 0) is 12.1 Å². The van der Waals surface area contributed by atoms with Gasteiger partial charge >= 0.3 is 5.97 Å². The number of imidazole rings is 1. The Hall–Kier alpha value is -2.37. The molecule has 0 aromatic carbocycles. The molecule has 2 heterocycles. The summed E-state index contributed by atoms with van der Waals surface area (Å²) >= 11 is 0. The standard InChI is InChI=1S/C12H14N4O2/c1-16-6-5-14-11(16)4-7-18-12(17)10-3-2-9(13)8-15-10/h2-3,5-6,8H,4,7,13H2,1H3. The maximum absolute atomic E-state index is 11.6. The van der Waals surface area contributed by atoms with Crippen molar-refractivity contribution in [3.05, 3.63) is 42.2 Å². The Morgan fingerprint density at radius 1 is 1.44 bits per heavy atom. The average Bonchev–Trinajstić information content (AvgIpc) is 2.76. The summed E-state index contributed by atoms with van der Waals surface area (Å²) in [7, 11) is 1.89. The van der Waals surface area contributed by atoms with Crippen LogP contribution in [-0.4, -0.2) is 27.1 Å². The largest absolute Gasteiger partial charge is 0.460 e. The summed E-state index contributed by atoms with van der Waals surface area (Å²) in [5.74, 6) is 0.414. The lowest BCUT2D eigenvalue weighted by molar-refractivity contribution is 0.0500. The van der Waals surface area contributed by atoms with Crippen molar-refractivity contribution in [2.45, 2.75) is 6.42 Å². The lowest BCUT2D eigenvalue weighted by atomic mass is 10.3. The minimum atomic E-state index is -0.454. The van der Waals surface area contributed by atoms with Crippen molar-refractivity contribution in [1.82, 2.24) is 14.5 Å². The van der Waals surface area contributed by atoms with Gasteiger partial charge in [0.2, 0.25) is 0 Å². The number of aromatic nitrogens is 3. The molecule has 0 aliphatic carbocycles. The van der Waals surface area contributed by atoms with E-state index in [2.05, 4.69) is 9.97 Å². The first kappa shape index (κ1) is 12.1. The number of esters is 1. The zero-order valence-corrected chi connectivity index (χ0v) is 10.0. The van der Waals surface area contributed by atoms with E-state index < -0.39 is 5.97 Å². The van der Waals surface area contributed by atoms with E-state index in [1.54, 1.807) is 18.3 Å². The molecule has 0 fully saturated rings. The number of carbonyl (C=O) groups is 1. The van der Waals surface area contributed by atoms with Crippen molar-refractivity contribution in [2.75, 3.05) is 12.3 Å². The van der Waals surface area contributed by atoms with E-state index in [4.69, 9.17) is 10.5 Å². The molecular weight excluding hydrogens is 232 g/mol. The molecule has 6 heteroatoms. The molecule has 2 N–H and O–H groups in total. The third-order valence-corrected chi connectivity index (χ3v) is 2.48. The lowest BCUT2D eigenvalue weighted by Gasteiger charge is -2.04. The van der Waals surface area contributed by atoms with Gasteiger partial charge in [0, 0.05) is 25.9 Å². The maximum atomic E-state index is 11.6. The quantitative estimate of drug-likeness (QED) is 0.807. The minimum Gasteiger partial charge on any atom is -0.460 e. The van der Waals surface area contributed by atoms with E-state index in [-0.39, 0.29) is 12.3 Å². The summed E-state index contributed by atoms with van der Waals surface area (Å²) in [6.07, 6.45) is 5.55. The first-order chi connectivity index (χ1) is 8.66. The molecule has 6 nitrogen and oxygen atoms in total. The molecule has 2 aromatic rings. The second kappa shape index (κ2) is 5.31. The van der Waals surface area contributed by atoms with E-state index in [9.17, 15) is 4.79 Å². The third kappa shape index (κ3) is 2.85. The van der Waals surface area contributed by atoms with Crippen LogP contribution in [0.5, 0.6) is 0 Å². The first-order valence-electron chi connectivity index (χ1n) is 5.51. The average molecular weight is 246 g/mol. The summed E-state index contributed by atoms with van der Waals surface area (Å²) in [4.78, 5) is 19.6. The second-order valence-corrected chi connectivity index (χ2v) is 3.82. The number of nitrogens with two attached hydrogens (primary N) is 1. The van der Waals surface area contributed by atoms with Crippen LogP contribution in [0.15, 0.2) is 30.7 Å². The van der Waals surface area contributed by atoms with Gasteiger partial charge in [-0.25, -0.2) is 14.8 Å². The summed E-state index contributed by atoms with van der Waals surface area (Å²) in [5.41, 5.74) is 6.25. The molecule has 0 saturated heterocycles. The fourth-order valence-electron chi connectivity index (χ4n) is 1.47. The molecule has 0 atom stereocenters. The number of nitrogens with zero attached hydrogens (tertiary/aromatic N) is 3. The number of rotatable bonds is 4. The number of nitrogen functional groups attached to an aromatic ring is 1. The highest BCUT2D eigenvalue weighted by atomic mass is 16.5. The number of aryl methyl sites for hydroxylation is 1. The SMILES string of the molecule is Cn1ccnc1CCOC(=O)c1ccc(N)cn1. The van der Waals surface area contributed by atoms with Gasteiger partial charge in [-0.1, -0.05) is 0 Å². The van der Waals surface area contributed by atoms with Crippen molar-refractivity contribution in [2.24, 2.45) is 7.05 Å². The molecule has 0 bridgehead atoms. The van der Waals surface area contributed by atoms with Gasteiger partial charge in [0.1, 0.15) is 11.5 Å². The molecule has 2 rings (SSSR count). The van der Waals surface area contributed by atoms with Crippen LogP contribution >= 0.6 is 0 Å². The predicted octanol–water partition coefficient (Wildman–Crippen LogP) is 0.797. The normalized spacial score (nSPS) is 10.3. The number of ether oxygens (including phenoxy) is 1. The van der Waals surface area contributed by atoms with Crippen LogP contribution in [0.1, 0.15) is 16.3 Å².